The molecule has 0 aliphatic carbocycles. The highest BCUT2D eigenvalue weighted by atomic mass is 32.2. The van der Waals surface area contributed by atoms with Gasteiger partial charge in [0.05, 0.1) is 16.9 Å². The van der Waals surface area contributed by atoms with Crippen molar-refractivity contribution >= 4 is 22.0 Å². The second kappa shape index (κ2) is 11.4. The summed E-state index contributed by atoms with van der Waals surface area (Å²) in [6, 6.07) is 17.7. The molecule has 4 rings (SSSR count). The maximum absolute atomic E-state index is 13.7. The number of nitrogens with zero attached hydrogens (tertiary/aromatic N) is 2. The molecule has 2 aromatic rings. The lowest BCUT2D eigenvalue weighted by Gasteiger charge is -2.41. The quantitative estimate of drug-likeness (QED) is 0.619. The summed E-state index contributed by atoms with van der Waals surface area (Å²) in [5, 5.41) is 5.82. The molecule has 3 amide bonds. The molecule has 36 heavy (non-hydrogen) atoms. The van der Waals surface area contributed by atoms with E-state index in [4.69, 9.17) is 0 Å². The molecule has 0 aromatic heterocycles. The first-order valence-electron chi connectivity index (χ1n) is 12.7. The number of likely N-dealkylation sites (tertiary alicyclic amines) is 1. The monoisotopic (exact) mass is 512 g/mol. The summed E-state index contributed by atoms with van der Waals surface area (Å²) in [5.74, 6) is -0.392. The van der Waals surface area contributed by atoms with Crippen molar-refractivity contribution < 1.29 is 18.0 Å². The van der Waals surface area contributed by atoms with E-state index in [1.165, 1.54) is 4.31 Å². The highest BCUT2D eigenvalue weighted by Crippen LogP contribution is 2.38. The van der Waals surface area contributed by atoms with Gasteiger partial charge >= 0.3 is 6.03 Å². The fourth-order valence-electron chi connectivity index (χ4n) is 5.13. The van der Waals surface area contributed by atoms with E-state index in [-0.39, 0.29) is 41.5 Å². The molecule has 2 saturated heterocycles. The average Bonchev–Trinajstić information content (AvgIpc) is 2.89. The number of hydrogen-bond acceptors (Lipinski definition) is 4. The molecule has 9 heteroatoms. The zero-order chi connectivity index (χ0) is 25.7. The van der Waals surface area contributed by atoms with Crippen LogP contribution in [0.2, 0.25) is 0 Å². The van der Waals surface area contributed by atoms with Crippen LogP contribution < -0.4 is 10.6 Å². The van der Waals surface area contributed by atoms with Crippen molar-refractivity contribution in [2.75, 3.05) is 19.6 Å². The summed E-state index contributed by atoms with van der Waals surface area (Å²) >= 11 is 0. The number of benzene rings is 2. The lowest BCUT2D eigenvalue weighted by atomic mass is 9.89. The van der Waals surface area contributed by atoms with Crippen molar-refractivity contribution in [3.63, 3.8) is 0 Å². The Morgan fingerprint density at radius 3 is 2.11 bits per heavy atom. The predicted molar refractivity (Wildman–Crippen MR) is 139 cm³/mol. The minimum atomic E-state index is -3.78. The Kier molecular flexibility index (Phi) is 8.31. The van der Waals surface area contributed by atoms with Crippen LogP contribution in [-0.2, 0) is 14.8 Å². The molecule has 0 radical (unpaired) electrons. The van der Waals surface area contributed by atoms with Crippen LogP contribution in [0.1, 0.15) is 51.1 Å². The number of rotatable bonds is 6. The van der Waals surface area contributed by atoms with Gasteiger partial charge in [-0.1, -0.05) is 48.5 Å². The van der Waals surface area contributed by atoms with Crippen LogP contribution in [0.3, 0.4) is 0 Å². The predicted octanol–water partition coefficient (Wildman–Crippen LogP) is 3.53. The van der Waals surface area contributed by atoms with Gasteiger partial charge in [0.15, 0.2) is 0 Å². The highest BCUT2D eigenvalue weighted by molar-refractivity contribution is 7.89. The molecule has 194 valence electrons. The van der Waals surface area contributed by atoms with Crippen LogP contribution in [0, 0.1) is 5.92 Å². The average molecular weight is 513 g/mol. The van der Waals surface area contributed by atoms with Crippen molar-refractivity contribution in [3.8, 4) is 0 Å². The van der Waals surface area contributed by atoms with Crippen LogP contribution in [-0.4, -0.2) is 61.3 Å². The maximum atomic E-state index is 13.7. The fraction of sp³-hybridized carbons (Fsp3) is 0.481. The van der Waals surface area contributed by atoms with Crippen LogP contribution >= 0.6 is 0 Å². The molecular formula is C27H36N4O4S. The molecule has 0 spiro atoms. The second-order valence-corrected chi connectivity index (χ2v) is 11.9. The molecule has 0 saturated carbocycles. The van der Waals surface area contributed by atoms with Crippen LogP contribution in [0.15, 0.2) is 65.6 Å². The van der Waals surface area contributed by atoms with Crippen molar-refractivity contribution in [2.24, 2.45) is 5.92 Å². The van der Waals surface area contributed by atoms with Gasteiger partial charge in [0, 0.05) is 31.7 Å². The number of urea groups is 1. The summed E-state index contributed by atoms with van der Waals surface area (Å²) < 4.78 is 28.9. The molecule has 2 N–H and O–H groups in total. The summed E-state index contributed by atoms with van der Waals surface area (Å²) in [7, 11) is -3.78. The topological polar surface area (TPSA) is 98.8 Å². The van der Waals surface area contributed by atoms with Gasteiger partial charge in [-0.05, 0) is 57.2 Å². The third-order valence-electron chi connectivity index (χ3n) is 6.98. The number of hydrogen-bond donors (Lipinski definition) is 2. The third kappa shape index (κ3) is 6.07. The standard InChI is InChI=1S/C27H36N4O4S/c1-20(2)28-27(33)29-23-15-17-30(18-16-23)26(32)22-13-14-25(21-9-5-3-6-10-21)31(19-22)36(34,35)24-11-7-4-8-12-24/h3-12,20,22-23,25H,13-19H2,1-2H3,(H2,28,29,33). The first-order chi connectivity index (χ1) is 17.3. The third-order valence-corrected chi connectivity index (χ3v) is 8.87. The largest absolute Gasteiger partial charge is 0.342 e. The van der Waals surface area contributed by atoms with Gasteiger partial charge in [0.1, 0.15) is 0 Å². The van der Waals surface area contributed by atoms with E-state index in [0.717, 1.165) is 5.56 Å². The molecule has 8 nitrogen and oxygen atoms in total. The first-order valence-corrected chi connectivity index (χ1v) is 14.2. The first kappa shape index (κ1) is 26.2. The van der Waals surface area contributed by atoms with E-state index >= 15 is 0 Å². The summed E-state index contributed by atoms with van der Waals surface area (Å²) in [6.07, 6.45) is 2.58. The Hall–Kier alpha value is -2.91. The van der Waals surface area contributed by atoms with Crippen LogP contribution in [0.25, 0.3) is 0 Å². The van der Waals surface area contributed by atoms with Crippen LogP contribution in [0.4, 0.5) is 4.79 Å². The van der Waals surface area contributed by atoms with Crippen molar-refractivity contribution in [3.05, 3.63) is 66.2 Å². The van der Waals surface area contributed by atoms with E-state index in [0.29, 0.717) is 38.8 Å². The van der Waals surface area contributed by atoms with Gasteiger partial charge in [-0.2, -0.15) is 4.31 Å². The summed E-state index contributed by atoms with van der Waals surface area (Å²) in [5.41, 5.74) is 0.939. The molecule has 2 unspecified atom stereocenters. The van der Waals surface area contributed by atoms with Gasteiger partial charge in [0.2, 0.25) is 15.9 Å². The van der Waals surface area contributed by atoms with Crippen molar-refractivity contribution in [2.45, 2.75) is 62.6 Å². The zero-order valence-electron chi connectivity index (χ0n) is 21.0. The second-order valence-electron chi connectivity index (χ2n) is 9.96. The SMILES string of the molecule is CC(C)NC(=O)NC1CCN(C(=O)C2CCC(c3ccccc3)N(S(=O)(=O)c3ccccc3)C2)CC1. The molecule has 2 atom stereocenters. The van der Waals surface area contributed by atoms with Gasteiger partial charge < -0.3 is 15.5 Å². The van der Waals surface area contributed by atoms with E-state index in [1.807, 2.05) is 49.1 Å². The maximum Gasteiger partial charge on any atom is 0.315 e. The minimum absolute atomic E-state index is 0.000134. The summed E-state index contributed by atoms with van der Waals surface area (Å²) in [4.78, 5) is 27.6. The van der Waals surface area contributed by atoms with E-state index < -0.39 is 15.9 Å². The lowest BCUT2D eigenvalue weighted by molar-refractivity contribution is -0.138. The number of carbonyl (C=O) groups excluding carboxylic acids is 2. The number of sulfonamides is 1. The molecule has 2 aliphatic heterocycles. The minimum Gasteiger partial charge on any atom is -0.342 e. The number of nitrogens with one attached hydrogen (secondary N) is 2. The smallest absolute Gasteiger partial charge is 0.315 e. The Balaban J connectivity index is 1.46. The van der Waals surface area contributed by atoms with Crippen molar-refractivity contribution in [1.82, 2.24) is 19.8 Å². The normalized spacial score (nSPS) is 21.8. The number of amides is 3. The van der Waals surface area contributed by atoms with Crippen molar-refractivity contribution in [1.29, 1.82) is 0 Å². The molecule has 0 bridgehead atoms. The lowest BCUT2D eigenvalue weighted by Crippen LogP contribution is -2.53. The van der Waals surface area contributed by atoms with Gasteiger partial charge in [-0.25, -0.2) is 13.2 Å². The molecular weight excluding hydrogens is 476 g/mol. The number of piperidine rings is 2. The Bertz CT molecular complexity index is 1130. The molecule has 2 aromatic carbocycles. The number of carbonyl (C=O) groups is 2. The highest BCUT2D eigenvalue weighted by Gasteiger charge is 2.41. The molecule has 2 aliphatic rings. The van der Waals surface area contributed by atoms with Gasteiger partial charge in [-0.15, -0.1) is 0 Å². The Morgan fingerprint density at radius 1 is 0.889 bits per heavy atom. The molecule has 2 fully saturated rings. The Labute approximate surface area is 214 Å². The zero-order valence-corrected chi connectivity index (χ0v) is 21.8. The van der Waals surface area contributed by atoms with E-state index in [1.54, 1.807) is 30.3 Å². The van der Waals surface area contributed by atoms with Gasteiger partial charge in [-0.3, -0.25) is 4.79 Å². The fourth-order valence-corrected chi connectivity index (χ4v) is 6.84. The Morgan fingerprint density at radius 2 is 1.50 bits per heavy atom. The van der Waals surface area contributed by atoms with Gasteiger partial charge in [0.25, 0.3) is 0 Å². The van der Waals surface area contributed by atoms with Crippen LogP contribution in [0.5, 0.6) is 0 Å². The molecule has 2 heterocycles. The summed E-state index contributed by atoms with van der Waals surface area (Å²) in [6.45, 7) is 5.08. The van der Waals surface area contributed by atoms with E-state index in [9.17, 15) is 18.0 Å². The van der Waals surface area contributed by atoms with E-state index in [2.05, 4.69) is 10.6 Å².